The minimum Gasteiger partial charge on any atom is -0.479 e. The number of nitrogens with one attached hydrogen (secondary N) is 1. The number of hydrogen-bond acceptors (Lipinski definition) is 2. The molecule has 1 aromatic carbocycles. The highest BCUT2D eigenvalue weighted by molar-refractivity contribution is 9.10. The lowest BCUT2D eigenvalue weighted by Crippen LogP contribution is -2.10. The van der Waals surface area contributed by atoms with E-state index in [4.69, 9.17) is 5.11 Å². The van der Waals surface area contributed by atoms with Crippen LogP contribution in [-0.4, -0.2) is 21.2 Å². The summed E-state index contributed by atoms with van der Waals surface area (Å²) in [6.45, 7) is 0. The van der Waals surface area contributed by atoms with Crippen molar-refractivity contribution in [2.45, 2.75) is 6.10 Å². The first-order valence-electron chi connectivity index (χ1n) is 4.27. The van der Waals surface area contributed by atoms with Gasteiger partial charge in [0.05, 0.1) is 5.69 Å². The summed E-state index contributed by atoms with van der Waals surface area (Å²) in [5.41, 5.74) is 1.09. The predicted molar refractivity (Wildman–Crippen MR) is 58.6 cm³/mol. The van der Waals surface area contributed by atoms with Gasteiger partial charge in [-0.15, -0.1) is 0 Å². The van der Waals surface area contributed by atoms with Crippen LogP contribution < -0.4 is 0 Å². The molecule has 5 heteroatoms. The lowest BCUT2D eigenvalue weighted by Gasteiger charge is -2.00. The molecule has 0 amide bonds. The number of benzene rings is 1. The van der Waals surface area contributed by atoms with Crippen molar-refractivity contribution in [2.24, 2.45) is 0 Å². The first-order chi connectivity index (χ1) is 7.08. The molecule has 3 N–H and O–H groups in total. The second-order valence-corrected chi connectivity index (χ2v) is 4.11. The van der Waals surface area contributed by atoms with Gasteiger partial charge in [0.25, 0.3) is 0 Å². The maximum atomic E-state index is 10.6. The standard InChI is InChI=1S/C10H8BrNO3/c11-6-1-2-7-5(3-6)4-8(12-7)9(13)10(14)15/h1-4,9,12-13H,(H,14,15). The Morgan fingerprint density at radius 2 is 2.13 bits per heavy atom. The molecule has 0 saturated heterocycles. The topological polar surface area (TPSA) is 73.3 Å². The number of halogens is 1. The van der Waals surface area contributed by atoms with E-state index in [1.165, 1.54) is 0 Å². The number of aliphatic carboxylic acids is 1. The average molecular weight is 270 g/mol. The predicted octanol–water partition coefficient (Wildman–Crippen LogP) is 2.05. The minimum atomic E-state index is -1.50. The summed E-state index contributed by atoms with van der Waals surface area (Å²) < 4.78 is 0.908. The maximum Gasteiger partial charge on any atom is 0.338 e. The highest BCUT2D eigenvalue weighted by Crippen LogP contribution is 2.23. The average Bonchev–Trinajstić information content (AvgIpc) is 2.58. The molecule has 1 heterocycles. The molecule has 0 aliphatic rings. The first-order valence-corrected chi connectivity index (χ1v) is 5.06. The fourth-order valence-electron chi connectivity index (χ4n) is 1.41. The van der Waals surface area contributed by atoms with Crippen molar-refractivity contribution in [1.82, 2.24) is 4.98 Å². The number of aromatic amines is 1. The van der Waals surface area contributed by atoms with E-state index >= 15 is 0 Å². The zero-order valence-electron chi connectivity index (χ0n) is 7.57. The fourth-order valence-corrected chi connectivity index (χ4v) is 1.79. The smallest absolute Gasteiger partial charge is 0.338 e. The Labute approximate surface area is 93.7 Å². The van der Waals surface area contributed by atoms with Gasteiger partial charge in [-0.3, -0.25) is 0 Å². The van der Waals surface area contributed by atoms with E-state index < -0.39 is 12.1 Å². The van der Waals surface area contributed by atoms with E-state index in [0.717, 1.165) is 15.4 Å². The van der Waals surface area contributed by atoms with Gasteiger partial charge < -0.3 is 15.2 Å². The van der Waals surface area contributed by atoms with Gasteiger partial charge in [0.2, 0.25) is 0 Å². The van der Waals surface area contributed by atoms with Crippen molar-refractivity contribution < 1.29 is 15.0 Å². The number of rotatable bonds is 2. The van der Waals surface area contributed by atoms with E-state index in [0.29, 0.717) is 0 Å². The molecule has 15 heavy (non-hydrogen) atoms. The van der Waals surface area contributed by atoms with Gasteiger partial charge in [-0.1, -0.05) is 15.9 Å². The van der Waals surface area contributed by atoms with Crippen molar-refractivity contribution in [2.75, 3.05) is 0 Å². The number of carbonyl (C=O) groups is 1. The molecule has 0 aliphatic carbocycles. The Morgan fingerprint density at radius 3 is 2.80 bits per heavy atom. The van der Waals surface area contributed by atoms with Gasteiger partial charge >= 0.3 is 5.97 Å². The molecule has 0 spiro atoms. The Morgan fingerprint density at radius 1 is 1.40 bits per heavy atom. The number of aliphatic hydroxyl groups excluding tert-OH is 1. The molecule has 4 nitrogen and oxygen atoms in total. The number of carboxylic acids is 1. The zero-order chi connectivity index (χ0) is 11.0. The normalized spacial score (nSPS) is 12.9. The van der Waals surface area contributed by atoms with Crippen molar-refractivity contribution in [3.63, 3.8) is 0 Å². The lowest BCUT2D eigenvalue weighted by molar-refractivity contribution is -0.147. The largest absolute Gasteiger partial charge is 0.479 e. The molecule has 78 valence electrons. The Hall–Kier alpha value is -1.33. The number of aromatic nitrogens is 1. The molecular weight excluding hydrogens is 262 g/mol. The van der Waals surface area contributed by atoms with Crippen LogP contribution in [0.3, 0.4) is 0 Å². The van der Waals surface area contributed by atoms with Crippen LogP contribution in [-0.2, 0) is 4.79 Å². The molecule has 0 saturated carbocycles. The highest BCUT2D eigenvalue weighted by Gasteiger charge is 2.17. The van der Waals surface area contributed by atoms with E-state index in [2.05, 4.69) is 20.9 Å². The van der Waals surface area contributed by atoms with Crippen molar-refractivity contribution in [3.05, 3.63) is 34.4 Å². The molecule has 1 aromatic heterocycles. The summed E-state index contributed by atoms with van der Waals surface area (Å²) in [7, 11) is 0. The van der Waals surface area contributed by atoms with Crippen LogP contribution in [0, 0.1) is 0 Å². The Balaban J connectivity index is 2.51. The van der Waals surface area contributed by atoms with Crippen LogP contribution in [0.2, 0.25) is 0 Å². The summed E-state index contributed by atoms with van der Waals surface area (Å²) >= 11 is 3.31. The molecule has 0 aliphatic heterocycles. The van der Waals surface area contributed by atoms with Gasteiger partial charge in [-0.05, 0) is 24.3 Å². The molecule has 1 atom stereocenters. The number of H-pyrrole nitrogens is 1. The summed E-state index contributed by atoms with van der Waals surface area (Å²) in [4.78, 5) is 13.4. The molecule has 0 radical (unpaired) electrons. The second kappa shape index (κ2) is 3.67. The minimum absolute atomic E-state index is 0.288. The van der Waals surface area contributed by atoms with Gasteiger partial charge in [0, 0.05) is 15.4 Å². The SMILES string of the molecule is O=C(O)C(O)c1cc2cc(Br)ccc2[nH]1. The van der Waals surface area contributed by atoms with Crippen LogP contribution >= 0.6 is 15.9 Å². The van der Waals surface area contributed by atoms with Crippen LogP contribution in [0.4, 0.5) is 0 Å². The third-order valence-corrected chi connectivity index (χ3v) is 2.63. The summed E-state index contributed by atoms with van der Waals surface area (Å²) in [5, 5.41) is 18.8. The fraction of sp³-hybridized carbons (Fsp3) is 0.100. The van der Waals surface area contributed by atoms with Gasteiger partial charge in [-0.2, -0.15) is 0 Å². The monoisotopic (exact) mass is 269 g/mol. The number of hydrogen-bond donors (Lipinski definition) is 3. The third kappa shape index (κ3) is 1.88. The van der Waals surface area contributed by atoms with Gasteiger partial charge in [0.15, 0.2) is 6.10 Å². The van der Waals surface area contributed by atoms with E-state index in [1.54, 1.807) is 6.07 Å². The van der Waals surface area contributed by atoms with Crippen LogP contribution in [0.25, 0.3) is 10.9 Å². The second-order valence-electron chi connectivity index (χ2n) is 3.20. The lowest BCUT2D eigenvalue weighted by atomic mass is 10.2. The van der Waals surface area contributed by atoms with E-state index in [-0.39, 0.29) is 5.69 Å². The van der Waals surface area contributed by atoms with Gasteiger partial charge in [0.1, 0.15) is 0 Å². The van der Waals surface area contributed by atoms with E-state index in [9.17, 15) is 9.90 Å². The molecular formula is C10H8BrNO3. The van der Waals surface area contributed by atoms with Crippen molar-refractivity contribution in [1.29, 1.82) is 0 Å². The summed E-state index contributed by atoms with van der Waals surface area (Å²) in [6.07, 6.45) is -1.50. The number of carboxylic acid groups (broad SMARTS) is 1. The quantitative estimate of drug-likeness (QED) is 0.781. The molecule has 2 rings (SSSR count). The number of fused-ring (bicyclic) bond motifs is 1. The van der Waals surface area contributed by atoms with Crippen LogP contribution in [0.15, 0.2) is 28.7 Å². The summed E-state index contributed by atoms with van der Waals surface area (Å²) in [5.74, 6) is -1.26. The third-order valence-electron chi connectivity index (χ3n) is 2.13. The Kier molecular flexibility index (Phi) is 2.50. The number of aliphatic hydroxyl groups is 1. The van der Waals surface area contributed by atoms with Crippen LogP contribution in [0.5, 0.6) is 0 Å². The molecule has 0 fully saturated rings. The molecule has 1 unspecified atom stereocenters. The van der Waals surface area contributed by atoms with Crippen LogP contribution in [0.1, 0.15) is 11.8 Å². The molecule has 0 bridgehead atoms. The highest BCUT2D eigenvalue weighted by atomic mass is 79.9. The van der Waals surface area contributed by atoms with E-state index in [1.807, 2.05) is 18.2 Å². The zero-order valence-corrected chi connectivity index (χ0v) is 9.15. The maximum absolute atomic E-state index is 10.6. The molecule has 2 aromatic rings. The first kappa shape index (κ1) is 10.2. The van der Waals surface area contributed by atoms with Crippen molar-refractivity contribution >= 4 is 32.8 Å². The summed E-state index contributed by atoms with van der Waals surface area (Å²) in [6, 6.07) is 7.13. The van der Waals surface area contributed by atoms with Crippen molar-refractivity contribution in [3.8, 4) is 0 Å². The van der Waals surface area contributed by atoms with Gasteiger partial charge in [-0.25, -0.2) is 4.79 Å². The Bertz CT molecular complexity index is 520.